The summed E-state index contributed by atoms with van der Waals surface area (Å²) < 4.78 is 4.63. The van der Waals surface area contributed by atoms with Crippen molar-refractivity contribution in [2.45, 2.75) is 32.2 Å². The van der Waals surface area contributed by atoms with Crippen LogP contribution < -0.4 is 5.43 Å². The molecule has 1 aromatic rings. The molecule has 0 aliphatic rings. The summed E-state index contributed by atoms with van der Waals surface area (Å²) in [5, 5.41) is 41.2. The van der Waals surface area contributed by atoms with Crippen molar-refractivity contribution in [3.63, 3.8) is 0 Å². The minimum Gasteiger partial charge on any atom is -0.449 e. The van der Waals surface area contributed by atoms with Crippen LogP contribution in [0.1, 0.15) is 31.5 Å². The van der Waals surface area contributed by atoms with Crippen LogP contribution in [-0.4, -0.2) is 67.6 Å². The molecule has 1 aromatic heterocycles. The van der Waals surface area contributed by atoms with Gasteiger partial charge in [0.25, 0.3) is 0 Å². The van der Waals surface area contributed by atoms with Crippen LogP contribution in [0.15, 0.2) is 11.3 Å². The number of ether oxygens (including phenoxy) is 1. The van der Waals surface area contributed by atoms with E-state index in [1.54, 1.807) is 13.8 Å². The van der Waals surface area contributed by atoms with E-state index in [0.717, 1.165) is 0 Å². The Morgan fingerprint density at radius 2 is 2.18 bits per heavy atom. The van der Waals surface area contributed by atoms with Gasteiger partial charge in [0.2, 0.25) is 0 Å². The van der Waals surface area contributed by atoms with Crippen molar-refractivity contribution in [3.05, 3.63) is 17.7 Å². The zero-order chi connectivity index (χ0) is 16.7. The van der Waals surface area contributed by atoms with E-state index in [9.17, 15) is 20.1 Å². The van der Waals surface area contributed by atoms with Crippen LogP contribution in [0, 0.1) is 0 Å². The van der Waals surface area contributed by atoms with E-state index in [0.29, 0.717) is 5.71 Å². The van der Waals surface area contributed by atoms with Gasteiger partial charge in [0.15, 0.2) is 5.82 Å². The Kier molecular flexibility index (Phi) is 6.92. The summed E-state index contributed by atoms with van der Waals surface area (Å²) in [6.07, 6.45) is -3.99. The van der Waals surface area contributed by atoms with E-state index in [1.807, 2.05) is 0 Å². The maximum atomic E-state index is 11.1. The van der Waals surface area contributed by atoms with Gasteiger partial charge in [-0.3, -0.25) is 0 Å². The van der Waals surface area contributed by atoms with Crippen molar-refractivity contribution in [1.82, 2.24) is 15.4 Å². The lowest BCUT2D eigenvalue weighted by atomic mass is 10.1. The molecule has 124 valence electrons. The van der Waals surface area contributed by atoms with Crippen molar-refractivity contribution in [2.75, 3.05) is 13.2 Å². The second kappa shape index (κ2) is 8.44. The third kappa shape index (κ3) is 4.77. The number of amides is 1. The molecule has 0 unspecified atom stereocenters. The van der Waals surface area contributed by atoms with Crippen LogP contribution in [0.3, 0.4) is 0 Å². The van der Waals surface area contributed by atoms with Crippen molar-refractivity contribution in [1.29, 1.82) is 0 Å². The second-order valence-electron chi connectivity index (χ2n) is 4.40. The maximum absolute atomic E-state index is 11.1. The molecule has 0 saturated carbocycles. The molecule has 0 spiro atoms. The molecule has 0 radical (unpaired) electrons. The van der Waals surface area contributed by atoms with Gasteiger partial charge < -0.3 is 30.1 Å². The quantitative estimate of drug-likeness (QED) is 0.267. The Bertz CT molecular complexity index is 517. The van der Waals surface area contributed by atoms with Gasteiger partial charge in [0.05, 0.1) is 25.1 Å². The first-order valence-corrected chi connectivity index (χ1v) is 6.58. The number of H-pyrrole nitrogens is 1. The molecule has 0 aliphatic heterocycles. The monoisotopic (exact) mass is 316 g/mol. The number of nitrogens with one attached hydrogen (secondary N) is 2. The molecule has 1 amide bonds. The number of aromatic nitrogens is 2. The van der Waals surface area contributed by atoms with Gasteiger partial charge in [-0.15, -0.1) is 0 Å². The fourth-order valence-corrected chi connectivity index (χ4v) is 1.52. The van der Waals surface area contributed by atoms with Crippen molar-refractivity contribution >= 4 is 11.8 Å². The van der Waals surface area contributed by atoms with Crippen LogP contribution in [0.4, 0.5) is 4.79 Å². The van der Waals surface area contributed by atoms with Gasteiger partial charge in [0, 0.05) is 0 Å². The summed E-state index contributed by atoms with van der Waals surface area (Å²) in [6.45, 7) is 2.73. The Balaban J connectivity index is 2.74. The van der Waals surface area contributed by atoms with E-state index >= 15 is 0 Å². The van der Waals surface area contributed by atoms with Crippen molar-refractivity contribution in [2.24, 2.45) is 5.10 Å². The lowest BCUT2D eigenvalue weighted by molar-refractivity contribution is -0.0788. The van der Waals surface area contributed by atoms with Gasteiger partial charge in [-0.25, -0.2) is 15.2 Å². The second-order valence-corrected chi connectivity index (χ2v) is 4.40. The molecule has 0 bridgehead atoms. The van der Waals surface area contributed by atoms with Gasteiger partial charge in [0.1, 0.15) is 24.0 Å². The SMILES string of the molecule is CCOC(=O)N/N=C(/C)c1ncc([C@@H](O)[C@H](O)[C@H](O)CO)[nH]1. The summed E-state index contributed by atoms with van der Waals surface area (Å²) in [4.78, 5) is 17.7. The van der Waals surface area contributed by atoms with Crippen LogP contribution >= 0.6 is 0 Å². The topological polar surface area (TPSA) is 160 Å². The van der Waals surface area contributed by atoms with Gasteiger partial charge in [-0.05, 0) is 13.8 Å². The van der Waals surface area contributed by atoms with Gasteiger partial charge in [-0.2, -0.15) is 5.10 Å². The Labute approximate surface area is 126 Å². The minimum absolute atomic E-state index is 0.126. The summed E-state index contributed by atoms with van der Waals surface area (Å²) in [5.41, 5.74) is 2.59. The highest BCUT2D eigenvalue weighted by Crippen LogP contribution is 2.17. The third-order valence-electron chi connectivity index (χ3n) is 2.75. The van der Waals surface area contributed by atoms with Crippen molar-refractivity contribution in [3.8, 4) is 0 Å². The lowest BCUT2D eigenvalue weighted by Gasteiger charge is -2.20. The first-order valence-electron chi connectivity index (χ1n) is 6.58. The van der Waals surface area contributed by atoms with Crippen LogP contribution in [0.5, 0.6) is 0 Å². The third-order valence-corrected chi connectivity index (χ3v) is 2.75. The van der Waals surface area contributed by atoms with E-state index in [4.69, 9.17) is 5.11 Å². The summed E-state index contributed by atoms with van der Waals surface area (Å²) in [5.74, 6) is 0.247. The van der Waals surface area contributed by atoms with E-state index < -0.39 is 31.0 Å². The molecule has 10 heteroatoms. The minimum atomic E-state index is -1.58. The predicted molar refractivity (Wildman–Crippen MR) is 75.0 cm³/mol. The van der Waals surface area contributed by atoms with Crippen LogP contribution in [0.2, 0.25) is 0 Å². The Morgan fingerprint density at radius 3 is 2.77 bits per heavy atom. The Morgan fingerprint density at radius 1 is 1.50 bits per heavy atom. The summed E-state index contributed by atoms with van der Waals surface area (Å²) in [7, 11) is 0. The summed E-state index contributed by atoms with van der Waals surface area (Å²) >= 11 is 0. The number of aliphatic hydroxyl groups excluding tert-OH is 4. The van der Waals surface area contributed by atoms with Crippen LogP contribution in [-0.2, 0) is 4.74 Å². The molecular formula is C12H20N4O6. The molecule has 0 fully saturated rings. The molecule has 0 aliphatic carbocycles. The number of carbonyl (C=O) groups excluding carboxylic acids is 1. The number of hydrogen-bond donors (Lipinski definition) is 6. The average Bonchev–Trinajstić information content (AvgIpc) is 3.00. The van der Waals surface area contributed by atoms with E-state index in [1.165, 1.54) is 6.20 Å². The molecule has 0 saturated heterocycles. The molecule has 10 nitrogen and oxygen atoms in total. The molecule has 0 aromatic carbocycles. The summed E-state index contributed by atoms with van der Waals surface area (Å²) in [6, 6.07) is 0. The van der Waals surface area contributed by atoms with E-state index in [2.05, 4.69) is 25.2 Å². The fraction of sp³-hybridized carbons (Fsp3) is 0.583. The number of aliphatic hydroxyl groups is 4. The highest BCUT2D eigenvalue weighted by Gasteiger charge is 2.27. The fourth-order valence-electron chi connectivity index (χ4n) is 1.52. The highest BCUT2D eigenvalue weighted by atomic mass is 16.5. The molecule has 1 rings (SSSR count). The van der Waals surface area contributed by atoms with E-state index in [-0.39, 0.29) is 18.1 Å². The molecule has 3 atom stereocenters. The number of aromatic amines is 1. The highest BCUT2D eigenvalue weighted by molar-refractivity contribution is 5.95. The number of rotatable bonds is 7. The van der Waals surface area contributed by atoms with Gasteiger partial charge >= 0.3 is 6.09 Å². The number of hydrogen-bond acceptors (Lipinski definition) is 8. The molecule has 6 N–H and O–H groups in total. The maximum Gasteiger partial charge on any atom is 0.427 e. The lowest BCUT2D eigenvalue weighted by Crippen LogP contribution is -2.34. The smallest absolute Gasteiger partial charge is 0.427 e. The standard InChI is InChI=1S/C12H20N4O6/c1-3-22-12(21)16-15-6(2)11-13-4-7(14-11)9(19)10(20)8(18)5-17/h4,8-10,17-20H,3,5H2,1-2H3,(H,13,14)(H,16,21)/b15-6-/t8-,9-,10-/m1/s1. The Hall–Kier alpha value is -2.01. The largest absolute Gasteiger partial charge is 0.449 e. The average molecular weight is 316 g/mol. The number of imidazole rings is 1. The van der Waals surface area contributed by atoms with Crippen molar-refractivity contribution < 1.29 is 30.0 Å². The molecule has 1 heterocycles. The zero-order valence-corrected chi connectivity index (χ0v) is 12.2. The first kappa shape index (κ1) is 18.0. The predicted octanol–water partition coefficient (Wildman–Crippen LogP) is -1.37. The first-order chi connectivity index (χ1) is 10.4. The number of hydrazone groups is 1. The molecular weight excluding hydrogens is 296 g/mol. The van der Waals surface area contributed by atoms with Gasteiger partial charge in [-0.1, -0.05) is 0 Å². The normalized spacial score (nSPS) is 16.0. The zero-order valence-electron chi connectivity index (χ0n) is 12.2. The number of nitrogens with zero attached hydrogens (tertiary/aromatic N) is 2. The molecule has 22 heavy (non-hydrogen) atoms. The number of carbonyl (C=O) groups is 1. The van der Waals surface area contributed by atoms with Crippen LogP contribution in [0.25, 0.3) is 0 Å².